The second kappa shape index (κ2) is 6.39. The molecule has 20 heavy (non-hydrogen) atoms. The molecule has 0 aromatic heterocycles. The summed E-state index contributed by atoms with van der Waals surface area (Å²) in [6, 6.07) is 18.1. The normalized spacial score (nSPS) is 12.7. The van der Waals surface area contributed by atoms with Crippen LogP contribution in [0.25, 0.3) is 0 Å². The quantitative estimate of drug-likeness (QED) is 0.857. The number of hydrogen-bond acceptors (Lipinski definition) is 1. The fourth-order valence-corrected chi connectivity index (χ4v) is 7.63. The molecule has 0 saturated heterocycles. The molecule has 5 heteroatoms. The monoisotopic (exact) mass is 305 g/mol. The highest BCUT2D eigenvalue weighted by Crippen LogP contribution is 2.43. The van der Waals surface area contributed by atoms with E-state index in [0.29, 0.717) is 16.6 Å². The molecule has 0 heterocycles. The lowest BCUT2D eigenvalue weighted by Gasteiger charge is -2.20. The first-order valence-corrected chi connectivity index (χ1v) is 9.91. The van der Waals surface area contributed by atoms with Crippen LogP contribution in [-0.4, -0.2) is 15.5 Å². The van der Waals surface area contributed by atoms with Crippen molar-refractivity contribution in [1.82, 2.24) is 0 Å². The van der Waals surface area contributed by atoms with Gasteiger partial charge in [0, 0.05) is 10.2 Å². The van der Waals surface area contributed by atoms with Crippen LogP contribution in [0.3, 0.4) is 0 Å². The molecule has 0 spiro atoms. The van der Waals surface area contributed by atoms with Crippen LogP contribution in [0.5, 0.6) is 0 Å². The van der Waals surface area contributed by atoms with Crippen molar-refractivity contribution in [2.45, 2.75) is 11.8 Å². The molecule has 0 aliphatic rings. The number of benzene rings is 2. The summed E-state index contributed by atoms with van der Waals surface area (Å²) in [7, 11) is -0.625. The van der Waals surface area contributed by atoms with Crippen LogP contribution in [0.15, 0.2) is 59.5 Å². The van der Waals surface area contributed by atoms with E-state index < -0.39 is 16.6 Å². The highest BCUT2D eigenvalue weighted by molar-refractivity contribution is 8.31. The van der Waals surface area contributed by atoms with Crippen LogP contribution in [0, 0.1) is 11.3 Å². The van der Waals surface area contributed by atoms with Crippen molar-refractivity contribution in [1.29, 1.82) is 5.26 Å². The fraction of sp³-hybridized carbons (Fsp3) is 0.133. The van der Waals surface area contributed by atoms with Gasteiger partial charge < -0.3 is 9.79 Å². The van der Waals surface area contributed by atoms with Crippen molar-refractivity contribution < 1.29 is 9.79 Å². The second-order valence-electron chi connectivity index (χ2n) is 4.17. The number of nitriles is 1. The smallest absolute Gasteiger partial charge is 0.178 e. The summed E-state index contributed by atoms with van der Waals surface area (Å²) in [6.07, 6.45) is 0. The van der Waals surface area contributed by atoms with Crippen LogP contribution in [0.1, 0.15) is 12.5 Å². The molecule has 0 fully saturated rings. The molecule has 0 aliphatic carbocycles. The molecule has 0 saturated carbocycles. The van der Waals surface area contributed by atoms with E-state index >= 15 is 0 Å². The molecule has 2 N–H and O–H groups in total. The van der Waals surface area contributed by atoms with Crippen molar-refractivity contribution in [2.24, 2.45) is 0 Å². The van der Waals surface area contributed by atoms with Gasteiger partial charge in [-0.05, 0) is 42.2 Å². The molecule has 3 nitrogen and oxygen atoms in total. The largest absolute Gasteiger partial charge is 0.345 e. The summed E-state index contributed by atoms with van der Waals surface area (Å²) >= 11 is 0. The third kappa shape index (κ3) is 3.03. The van der Waals surface area contributed by atoms with E-state index in [1.165, 1.54) is 0 Å². The van der Waals surface area contributed by atoms with Crippen molar-refractivity contribution in [3.8, 4) is 6.07 Å². The number of rotatable bonds is 3. The van der Waals surface area contributed by atoms with Gasteiger partial charge in [0.05, 0.1) is 11.6 Å². The van der Waals surface area contributed by atoms with Gasteiger partial charge in [-0.1, -0.05) is 25.1 Å². The van der Waals surface area contributed by atoms with Gasteiger partial charge in [-0.3, -0.25) is 0 Å². The van der Waals surface area contributed by atoms with Crippen LogP contribution in [-0.2, 0) is 10.1 Å². The first-order valence-electron chi connectivity index (χ1n) is 6.21. The standard InChI is InChI=1S/C15H16NO2PS/c1-2-20(15-6-4-3-5-7-15)19(17,18)14-10-8-13(12-16)9-11-14/h3-11,17-18H,2H2,1H3. The molecular weight excluding hydrogens is 289 g/mol. The van der Waals surface area contributed by atoms with E-state index in [0.717, 1.165) is 4.90 Å². The second-order valence-corrected chi connectivity index (χ2v) is 10.4. The summed E-state index contributed by atoms with van der Waals surface area (Å²) in [5, 5.41) is 9.32. The van der Waals surface area contributed by atoms with Gasteiger partial charge in [0.25, 0.3) is 0 Å². The summed E-state index contributed by atoms with van der Waals surface area (Å²) in [4.78, 5) is 22.3. The Morgan fingerprint density at radius 2 is 1.65 bits per heavy atom. The fourth-order valence-electron chi connectivity index (χ4n) is 1.93. The van der Waals surface area contributed by atoms with Crippen molar-refractivity contribution in [2.75, 3.05) is 5.75 Å². The van der Waals surface area contributed by atoms with Gasteiger partial charge in [0.2, 0.25) is 0 Å². The van der Waals surface area contributed by atoms with Gasteiger partial charge in [-0.25, -0.2) is 0 Å². The molecule has 2 aromatic rings. The Morgan fingerprint density at radius 3 is 2.15 bits per heavy atom. The number of hydrogen-bond donors (Lipinski definition) is 2. The Labute approximate surface area is 121 Å². The predicted molar refractivity (Wildman–Crippen MR) is 84.8 cm³/mol. The molecule has 2 aromatic carbocycles. The molecule has 0 amide bonds. The van der Waals surface area contributed by atoms with Gasteiger partial charge in [-0.2, -0.15) is 5.26 Å². The molecule has 1 unspecified atom stereocenters. The average Bonchev–Trinajstić information content (AvgIpc) is 2.49. The third-order valence-corrected chi connectivity index (χ3v) is 9.76. The minimum atomic E-state index is -3.24. The Hall–Kier alpha value is -1.37. The Bertz CT molecular complexity index is 684. The molecule has 0 aliphatic heterocycles. The zero-order valence-corrected chi connectivity index (χ0v) is 12.8. The van der Waals surface area contributed by atoms with Gasteiger partial charge >= 0.3 is 0 Å². The summed E-state index contributed by atoms with van der Waals surface area (Å²) < 4.78 is 0. The molecule has 0 bridgehead atoms. The van der Waals surface area contributed by atoms with E-state index in [2.05, 4.69) is 0 Å². The van der Waals surface area contributed by atoms with Crippen LogP contribution >= 0.6 is 6.49 Å². The number of nitrogens with zero attached hydrogens (tertiary/aromatic N) is 1. The highest BCUT2D eigenvalue weighted by atomic mass is 32.5. The first-order chi connectivity index (χ1) is 9.59. The van der Waals surface area contributed by atoms with E-state index in [-0.39, 0.29) is 0 Å². The Morgan fingerprint density at radius 1 is 1.05 bits per heavy atom. The SMILES string of the molecule is CCS(c1ccccc1)=P(O)(O)c1ccc(C#N)cc1. The maximum absolute atomic E-state index is 10.7. The van der Waals surface area contributed by atoms with E-state index in [9.17, 15) is 9.79 Å². The van der Waals surface area contributed by atoms with E-state index in [4.69, 9.17) is 5.26 Å². The predicted octanol–water partition coefficient (Wildman–Crippen LogP) is 2.63. The minimum absolute atomic E-state index is 0.518. The van der Waals surface area contributed by atoms with Crippen LogP contribution in [0.4, 0.5) is 0 Å². The lowest BCUT2D eigenvalue weighted by atomic mass is 10.2. The first kappa shape index (κ1) is 15.0. The lowest BCUT2D eigenvalue weighted by Crippen LogP contribution is -2.10. The van der Waals surface area contributed by atoms with E-state index in [1.54, 1.807) is 24.3 Å². The average molecular weight is 305 g/mol. The van der Waals surface area contributed by atoms with Crippen molar-refractivity contribution in [3.05, 3.63) is 60.2 Å². The third-order valence-electron chi connectivity index (χ3n) is 2.93. The van der Waals surface area contributed by atoms with Crippen LogP contribution < -0.4 is 5.30 Å². The molecule has 1 atom stereocenters. The maximum Gasteiger partial charge on any atom is 0.178 e. The molecular formula is C15H16NO2PS. The summed E-state index contributed by atoms with van der Waals surface area (Å²) in [5.41, 5.74) is 0.518. The van der Waals surface area contributed by atoms with Gasteiger partial charge in [-0.15, -0.1) is 10.1 Å². The zero-order valence-electron chi connectivity index (χ0n) is 11.1. The van der Waals surface area contributed by atoms with Gasteiger partial charge in [0.15, 0.2) is 6.49 Å². The van der Waals surface area contributed by atoms with Crippen LogP contribution in [0.2, 0.25) is 0 Å². The minimum Gasteiger partial charge on any atom is -0.345 e. The Balaban J connectivity index is 2.60. The molecule has 104 valence electrons. The summed E-state index contributed by atoms with van der Waals surface area (Å²) in [5.74, 6) is 0.671. The van der Waals surface area contributed by atoms with Crippen molar-refractivity contribution in [3.63, 3.8) is 0 Å². The molecule has 2 rings (SSSR count). The zero-order chi connectivity index (χ0) is 14.6. The lowest BCUT2D eigenvalue weighted by molar-refractivity contribution is 0.492. The van der Waals surface area contributed by atoms with Crippen molar-refractivity contribution >= 4 is 21.9 Å². The summed E-state index contributed by atoms with van der Waals surface area (Å²) in [6.45, 7) is -1.28. The maximum atomic E-state index is 10.7. The Kier molecular flexibility index (Phi) is 4.80. The van der Waals surface area contributed by atoms with E-state index in [1.807, 2.05) is 43.3 Å². The topological polar surface area (TPSA) is 64.2 Å². The van der Waals surface area contributed by atoms with Gasteiger partial charge in [0.1, 0.15) is 0 Å². The molecule has 0 radical (unpaired) electrons. The highest BCUT2D eigenvalue weighted by Gasteiger charge is 2.19.